The summed E-state index contributed by atoms with van der Waals surface area (Å²) in [6.07, 6.45) is 1.84. The van der Waals surface area contributed by atoms with Gasteiger partial charge in [0.2, 0.25) is 0 Å². The average Bonchev–Trinajstić information content (AvgIpc) is 2.69. The van der Waals surface area contributed by atoms with E-state index in [0.717, 1.165) is 25.9 Å². The molecule has 0 aromatic heterocycles. The molecule has 1 heterocycles. The lowest BCUT2D eigenvalue weighted by atomic mass is 10.0. The molecule has 1 N–H and O–H groups in total. The van der Waals surface area contributed by atoms with Crippen LogP contribution in [0.1, 0.15) is 23.2 Å². The molecule has 0 radical (unpaired) electrons. The molecule has 28 heavy (non-hydrogen) atoms. The first-order chi connectivity index (χ1) is 13.4. The monoisotopic (exact) mass is 402 g/mol. The van der Waals surface area contributed by atoms with Gasteiger partial charge in [-0.05, 0) is 69.4 Å². The van der Waals surface area contributed by atoms with Crippen LogP contribution in [0, 0.1) is 10.1 Å². The van der Waals surface area contributed by atoms with Crippen LogP contribution in [0.15, 0.2) is 42.5 Å². The lowest BCUT2D eigenvalue weighted by molar-refractivity contribution is -0.384. The van der Waals surface area contributed by atoms with Gasteiger partial charge >= 0.3 is 5.69 Å². The second-order valence-electron chi connectivity index (χ2n) is 7.04. The number of nitrogens with one attached hydrogen (secondary N) is 1. The molecule has 0 unspecified atom stereocenters. The molecule has 1 aliphatic rings. The van der Waals surface area contributed by atoms with Crippen molar-refractivity contribution in [2.24, 2.45) is 0 Å². The standard InChI is InChI=1S/C20H23ClN4O3/c1-23-12-10-16(11-13-23)24(2)18-5-3-4-17(19(18)25(27)28)20(26)22-15-8-6-14(21)7-9-15/h3-9,16H,10-13H2,1-2H3,(H,22,26). The maximum atomic E-state index is 12.7. The van der Waals surface area contributed by atoms with Crippen LogP contribution >= 0.6 is 11.6 Å². The van der Waals surface area contributed by atoms with Gasteiger partial charge in [-0.25, -0.2) is 0 Å². The number of carbonyl (C=O) groups is 1. The molecule has 2 aromatic carbocycles. The third kappa shape index (κ3) is 4.43. The molecular weight excluding hydrogens is 380 g/mol. The number of nitro groups is 1. The van der Waals surface area contributed by atoms with E-state index in [2.05, 4.69) is 17.3 Å². The number of likely N-dealkylation sites (tertiary alicyclic amines) is 1. The summed E-state index contributed by atoms with van der Waals surface area (Å²) in [5.41, 5.74) is 0.855. The molecule has 1 fully saturated rings. The third-order valence-electron chi connectivity index (χ3n) is 5.16. The van der Waals surface area contributed by atoms with Gasteiger partial charge in [-0.1, -0.05) is 17.7 Å². The first kappa shape index (κ1) is 20.1. The zero-order chi connectivity index (χ0) is 20.3. The van der Waals surface area contributed by atoms with Crippen molar-refractivity contribution in [2.45, 2.75) is 18.9 Å². The van der Waals surface area contributed by atoms with Gasteiger partial charge in [-0.15, -0.1) is 0 Å². The lowest BCUT2D eigenvalue weighted by Gasteiger charge is -2.36. The van der Waals surface area contributed by atoms with Crippen molar-refractivity contribution >= 4 is 34.6 Å². The summed E-state index contributed by atoms with van der Waals surface area (Å²) in [6.45, 7) is 1.89. The smallest absolute Gasteiger partial charge is 0.305 e. The predicted octanol–water partition coefficient (Wildman–Crippen LogP) is 4.03. The molecule has 1 amide bonds. The Morgan fingerprint density at radius 1 is 1.21 bits per heavy atom. The van der Waals surface area contributed by atoms with Crippen LogP contribution in [0.4, 0.5) is 17.1 Å². The van der Waals surface area contributed by atoms with Crippen LogP contribution in [-0.2, 0) is 0 Å². The highest BCUT2D eigenvalue weighted by atomic mass is 35.5. The number of nitrogens with zero attached hydrogens (tertiary/aromatic N) is 3. The summed E-state index contributed by atoms with van der Waals surface area (Å²) in [7, 11) is 3.93. The van der Waals surface area contributed by atoms with Gasteiger partial charge in [0.05, 0.1) is 4.92 Å². The van der Waals surface area contributed by atoms with Crippen molar-refractivity contribution in [2.75, 3.05) is 37.4 Å². The van der Waals surface area contributed by atoms with E-state index >= 15 is 0 Å². The van der Waals surface area contributed by atoms with E-state index in [1.165, 1.54) is 6.07 Å². The minimum Gasteiger partial charge on any atom is -0.366 e. The molecule has 0 atom stereocenters. The summed E-state index contributed by atoms with van der Waals surface area (Å²) >= 11 is 5.86. The Morgan fingerprint density at radius 3 is 2.46 bits per heavy atom. The van der Waals surface area contributed by atoms with E-state index in [1.807, 2.05) is 11.9 Å². The minimum absolute atomic E-state index is 0.0391. The van der Waals surface area contributed by atoms with E-state index in [-0.39, 0.29) is 17.3 Å². The van der Waals surface area contributed by atoms with E-state index in [1.54, 1.807) is 36.4 Å². The maximum absolute atomic E-state index is 12.7. The van der Waals surface area contributed by atoms with E-state index in [0.29, 0.717) is 16.4 Å². The Kier molecular flexibility index (Phi) is 6.16. The summed E-state index contributed by atoms with van der Waals surface area (Å²) in [5.74, 6) is -0.521. The van der Waals surface area contributed by atoms with E-state index < -0.39 is 10.8 Å². The van der Waals surface area contributed by atoms with Gasteiger partial charge < -0.3 is 15.1 Å². The Balaban J connectivity index is 1.89. The largest absolute Gasteiger partial charge is 0.366 e. The number of para-hydroxylation sites is 1. The number of rotatable bonds is 5. The van der Waals surface area contributed by atoms with Crippen molar-refractivity contribution in [1.82, 2.24) is 4.90 Å². The van der Waals surface area contributed by atoms with Gasteiger partial charge in [0.1, 0.15) is 11.3 Å². The number of nitro benzene ring substituents is 1. The minimum atomic E-state index is -0.521. The zero-order valence-electron chi connectivity index (χ0n) is 15.9. The number of piperidine rings is 1. The van der Waals surface area contributed by atoms with Crippen molar-refractivity contribution in [1.29, 1.82) is 0 Å². The Bertz CT molecular complexity index is 864. The van der Waals surface area contributed by atoms with Crippen LogP contribution in [0.5, 0.6) is 0 Å². The van der Waals surface area contributed by atoms with Crippen molar-refractivity contribution < 1.29 is 9.72 Å². The molecule has 0 aliphatic carbocycles. The highest BCUT2D eigenvalue weighted by Gasteiger charge is 2.30. The van der Waals surface area contributed by atoms with Crippen molar-refractivity contribution in [3.05, 3.63) is 63.2 Å². The first-order valence-corrected chi connectivity index (χ1v) is 9.50. The Morgan fingerprint density at radius 2 is 1.86 bits per heavy atom. The Labute approximate surface area is 169 Å². The van der Waals surface area contributed by atoms with Crippen molar-refractivity contribution in [3.8, 4) is 0 Å². The van der Waals surface area contributed by atoms with Gasteiger partial charge in [0.15, 0.2) is 0 Å². The highest BCUT2D eigenvalue weighted by Crippen LogP contribution is 2.34. The van der Waals surface area contributed by atoms with E-state index in [4.69, 9.17) is 11.6 Å². The third-order valence-corrected chi connectivity index (χ3v) is 5.41. The summed E-state index contributed by atoms with van der Waals surface area (Å²) in [4.78, 5) is 28.3. The van der Waals surface area contributed by atoms with E-state index in [9.17, 15) is 14.9 Å². The number of amides is 1. The second kappa shape index (κ2) is 8.58. The van der Waals surface area contributed by atoms with Gasteiger partial charge in [0, 0.05) is 23.8 Å². The number of benzene rings is 2. The maximum Gasteiger partial charge on any atom is 0.305 e. The molecule has 0 saturated carbocycles. The van der Waals surface area contributed by atoms with Crippen LogP contribution in [0.25, 0.3) is 0 Å². The molecular formula is C20H23ClN4O3. The summed E-state index contributed by atoms with van der Waals surface area (Å²) in [6, 6.07) is 11.7. The fourth-order valence-corrected chi connectivity index (χ4v) is 3.63. The molecule has 148 valence electrons. The van der Waals surface area contributed by atoms with Crippen LogP contribution in [0.3, 0.4) is 0 Å². The average molecular weight is 403 g/mol. The number of hydrogen-bond donors (Lipinski definition) is 1. The van der Waals surface area contributed by atoms with Gasteiger partial charge in [-0.3, -0.25) is 14.9 Å². The molecule has 0 bridgehead atoms. The van der Waals surface area contributed by atoms with Gasteiger partial charge in [-0.2, -0.15) is 0 Å². The molecule has 3 rings (SSSR count). The van der Waals surface area contributed by atoms with Gasteiger partial charge in [0.25, 0.3) is 5.91 Å². The number of anilines is 2. The Hall–Kier alpha value is -2.64. The van der Waals surface area contributed by atoms with Crippen molar-refractivity contribution in [3.63, 3.8) is 0 Å². The number of halogens is 1. The molecule has 7 nitrogen and oxygen atoms in total. The molecule has 2 aromatic rings. The fourth-order valence-electron chi connectivity index (χ4n) is 3.50. The number of carbonyl (C=O) groups excluding carboxylic acids is 1. The number of hydrogen-bond acceptors (Lipinski definition) is 5. The summed E-state index contributed by atoms with van der Waals surface area (Å²) in [5, 5.41) is 15.1. The first-order valence-electron chi connectivity index (χ1n) is 9.12. The molecule has 1 aliphatic heterocycles. The van der Waals surface area contributed by atoms with Crippen LogP contribution < -0.4 is 10.2 Å². The fraction of sp³-hybridized carbons (Fsp3) is 0.350. The topological polar surface area (TPSA) is 78.7 Å². The van der Waals surface area contributed by atoms with Crippen LogP contribution in [-0.4, -0.2) is 49.0 Å². The zero-order valence-corrected chi connectivity index (χ0v) is 16.6. The predicted molar refractivity (Wildman–Crippen MR) is 111 cm³/mol. The summed E-state index contributed by atoms with van der Waals surface area (Å²) < 4.78 is 0. The normalized spacial score (nSPS) is 15.2. The molecule has 0 spiro atoms. The quantitative estimate of drug-likeness (QED) is 0.603. The second-order valence-corrected chi connectivity index (χ2v) is 7.47. The lowest BCUT2D eigenvalue weighted by Crippen LogP contribution is -2.42. The van der Waals surface area contributed by atoms with Crippen LogP contribution in [0.2, 0.25) is 5.02 Å². The highest BCUT2D eigenvalue weighted by molar-refractivity contribution is 6.30. The molecule has 8 heteroatoms. The SMILES string of the molecule is CN1CCC(N(C)c2cccc(C(=O)Nc3ccc(Cl)cc3)c2[N+](=O)[O-])CC1. The molecule has 1 saturated heterocycles.